The Morgan fingerprint density at radius 1 is 1.25 bits per heavy atom. The van der Waals surface area contributed by atoms with E-state index in [1.807, 2.05) is 47.8 Å². The van der Waals surface area contributed by atoms with Gasteiger partial charge < -0.3 is 9.84 Å². The zero-order chi connectivity index (χ0) is 13.9. The molecule has 1 atom stereocenters. The van der Waals surface area contributed by atoms with Crippen molar-refractivity contribution >= 4 is 11.3 Å². The third kappa shape index (κ3) is 2.33. The second-order valence-corrected chi connectivity index (χ2v) is 5.24. The van der Waals surface area contributed by atoms with Crippen molar-refractivity contribution in [3.05, 3.63) is 64.6 Å². The molecule has 0 aliphatic heterocycles. The number of hydrogen-bond donors (Lipinski definition) is 1. The first-order chi connectivity index (χ1) is 9.79. The first kappa shape index (κ1) is 12.9. The van der Waals surface area contributed by atoms with Gasteiger partial charge in [-0.3, -0.25) is 0 Å². The van der Waals surface area contributed by atoms with Crippen LogP contribution >= 0.6 is 11.3 Å². The van der Waals surface area contributed by atoms with Gasteiger partial charge in [0.15, 0.2) is 0 Å². The number of aromatic nitrogens is 2. The molecule has 0 aliphatic carbocycles. The molecule has 1 aromatic carbocycles. The highest BCUT2D eigenvalue weighted by Crippen LogP contribution is 2.31. The highest BCUT2D eigenvalue weighted by Gasteiger charge is 2.18. The van der Waals surface area contributed by atoms with Gasteiger partial charge in [0.25, 0.3) is 0 Å². The Morgan fingerprint density at radius 3 is 2.75 bits per heavy atom. The predicted octanol–water partition coefficient (Wildman–Crippen LogP) is 3.02. The van der Waals surface area contributed by atoms with Crippen molar-refractivity contribution in [2.45, 2.75) is 6.10 Å². The van der Waals surface area contributed by atoms with Crippen LogP contribution in [0.4, 0.5) is 0 Å². The van der Waals surface area contributed by atoms with Gasteiger partial charge in [0.2, 0.25) is 0 Å². The molecule has 0 aliphatic rings. The molecule has 3 aromatic rings. The molecule has 0 saturated carbocycles. The van der Waals surface area contributed by atoms with E-state index in [1.165, 1.54) is 11.3 Å². The molecule has 0 bridgehead atoms. The summed E-state index contributed by atoms with van der Waals surface area (Å²) >= 11 is 1.47. The van der Waals surface area contributed by atoms with Crippen LogP contribution in [0.15, 0.2) is 54.0 Å². The molecule has 0 spiro atoms. The first-order valence-corrected chi connectivity index (χ1v) is 7.07. The van der Waals surface area contributed by atoms with Gasteiger partial charge in [-0.15, -0.1) is 11.3 Å². The van der Waals surface area contributed by atoms with Crippen LogP contribution in [0.2, 0.25) is 0 Å². The summed E-state index contributed by atoms with van der Waals surface area (Å²) in [6, 6.07) is 13.4. The summed E-state index contributed by atoms with van der Waals surface area (Å²) in [6.45, 7) is 0. The number of para-hydroxylation sites is 1. The minimum absolute atomic E-state index is 0.716. The Hall–Kier alpha value is -2.11. The van der Waals surface area contributed by atoms with Crippen LogP contribution in [0, 0.1) is 0 Å². The maximum atomic E-state index is 10.5. The normalized spacial score (nSPS) is 12.3. The number of ether oxygens (including phenoxy) is 1. The Balaban J connectivity index is 1.97. The van der Waals surface area contributed by atoms with E-state index in [-0.39, 0.29) is 0 Å². The largest absolute Gasteiger partial charge is 0.496 e. The van der Waals surface area contributed by atoms with Crippen molar-refractivity contribution < 1.29 is 9.84 Å². The number of benzene rings is 1. The maximum absolute atomic E-state index is 10.5. The van der Waals surface area contributed by atoms with Crippen molar-refractivity contribution in [3.8, 4) is 11.4 Å². The molecule has 102 valence electrons. The lowest BCUT2D eigenvalue weighted by molar-refractivity contribution is 0.215. The molecular formula is C15H14N2O2S. The maximum Gasteiger partial charge on any atom is 0.130 e. The molecular weight excluding hydrogens is 272 g/mol. The van der Waals surface area contributed by atoms with Crippen LogP contribution in [-0.2, 0) is 0 Å². The van der Waals surface area contributed by atoms with Crippen LogP contribution in [0.5, 0.6) is 5.75 Å². The lowest BCUT2D eigenvalue weighted by Gasteiger charge is -2.12. The second-order valence-electron chi connectivity index (χ2n) is 4.29. The van der Waals surface area contributed by atoms with E-state index in [0.717, 1.165) is 22.0 Å². The van der Waals surface area contributed by atoms with Crippen LogP contribution < -0.4 is 4.74 Å². The van der Waals surface area contributed by atoms with Crippen LogP contribution in [0.3, 0.4) is 0 Å². The molecule has 20 heavy (non-hydrogen) atoms. The molecule has 4 nitrogen and oxygen atoms in total. The standard InChI is InChI=1S/C15H14N2O2S/c1-19-12-9-14(20-10-12)15(18)13-7-8-16-17(13)11-5-3-2-4-6-11/h2-10,15,18H,1H3. The average molecular weight is 286 g/mol. The molecule has 3 rings (SSSR count). The number of nitrogens with zero attached hydrogens (tertiary/aromatic N) is 2. The van der Waals surface area contributed by atoms with Crippen molar-refractivity contribution in [3.63, 3.8) is 0 Å². The summed E-state index contributed by atoms with van der Waals surface area (Å²) in [5.41, 5.74) is 1.66. The summed E-state index contributed by atoms with van der Waals surface area (Å²) in [4.78, 5) is 0.833. The fraction of sp³-hybridized carbons (Fsp3) is 0.133. The van der Waals surface area contributed by atoms with Crippen LogP contribution in [-0.4, -0.2) is 22.0 Å². The molecule has 0 fully saturated rings. The number of rotatable bonds is 4. The van der Waals surface area contributed by atoms with Crippen LogP contribution in [0.25, 0.3) is 5.69 Å². The molecule has 0 radical (unpaired) electrons. The zero-order valence-corrected chi connectivity index (χ0v) is 11.7. The van der Waals surface area contributed by atoms with Crippen LogP contribution in [0.1, 0.15) is 16.7 Å². The summed E-state index contributed by atoms with van der Waals surface area (Å²) in [5, 5.41) is 16.7. The minimum atomic E-state index is -0.716. The minimum Gasteiger partial charge on any atom is -0.496 e. The molecule has 2 heterocycles. The topological polar surface area (TPSA) is 47.3 Å². The zero-order valence-electron chi connectivity index (χ0n) is 10.9. The number of methoxy groups -OCH3 is 1. The van der Waals surface area contributed by atoms with E-state index in [9.17, 15) is 5.11 Å². The molecule has 2 aromatic heterocycles. The fourth-order valence-electron chi connectivity index (χ4n) is 2.04. The second kappa shape index (κ2) is 5.48. The third-order valence-corrected chi connectivity index (χ3v) is 4.02. The Labute approximate surface area is 120 Å². The molecule has 0 amide bonds. The van der Waals surface area contributed by atoms with Gasteiger partial charge in [0, 0.05) is 16.5 Å². The summed E-state index contributed by atoms with van der Waals surface area (Å²) < 4.78 is 6.90. The highest BCUT2D eigenvalue weighted by molar-refractivity contribution is 7.10. The van der Waals surface area contributed by atoms with E-state index in [1.54, 1.807) is 18.0 Å². The van der Waals surface area contributed by atoms with Gasteiger partial charge in [0.1, 0.15) is 11.9 Å². The molecule has 1 N–H and O–H groups in total. The number of hydrogen-bond acceptors (Lipinski definition) is 4. The van der Waals surface area contributed by atoms with E-state index >= 15 is 0 Å². The molecule has 5 heteroatoms. The number of aliphatic hydroxyl groups excluding tert-OH is 1. The highest BCUT2D eigenvalue weighted by atomic mass is 32.1. The summed E-state index contributed by atoms with van der Waals surface area (Å²) in [5.74, 6) is 0.759. The summed E-state index contributed by atoms with van der Waals surface area (Å²) in [6.07, 6.45) is 0.975. The van der Waals surface area contributed by atoms with Gasteiger partial charge in [-0.25, -0.2) is 4.68 Å². The Bertz CT molecular complexity index is 691. The lowest BCUT2D eigenvalue weighted by atomic mass is 10.2. The first-order valence-electron chi connectivity index (χ1n) is 6.19. The Morgan fingerprint density at radius 2 is 2.05 bits per heavy atom. The van der Waals surface area contributed by atoms with Gasteiger partial charge in [-0.05, 0) is 24.3 Å². The smallest absolute Gasteiger partial charge is 0.130 e. The van der Waals surface area contributed by atoms with E-state index in [2.05, 4.69) is 5.10 Å². The summed E-state index contributed by atoms with van der Waals surface area (Å²) in [7, 11) is 1.62. The van der Waals surface area contributed by atoms with E-state index < -0.39 is 6.10 Å². The van der Waals surface area contributed by atoms with E-state index in [4.69, 9.17) is 4.74 Å². The van der Waals surface area contributed by atoms with Gasteiger partial charge >= 0.3 is 0 Å². The lowest BCUT2D eigenvalue weighted by Crippen LogP contribution is -2.07. The average Bonchev–Trinajstić information content (AvgIpc) is 3.16. The number of thiophene rings is 1. The van der Waals surface area contributed by atoms with Crippen molar-refractivity contribution in [1.29, 1.82) is 0 Å². The predicted molar refractivity (Wildman–Crippen MR) is 78.5 cm³/mol. The monoisotopic (exact) mass is 286 g/mol. The Kier molecular flexibility index (Phi) is 3.54. The van der Waals surface area contributed by atoms with Crippen molar-refractivity contribution in [2.24, 2.45) is 0 Å². The third-order valence-electron chi connectivity index (χ3n) is 3.05. The van der Waals surface area contributed by atoms with Crippen molar-refractivity contribution in [2.75, 3.05) is 7.11 Å². The van der Waals surface area contributed by atoms with Gasteiger partial charge in [0.05, 0.1) is 18.5 Å². The van der Waals surface area contributed by atoms with Gasteiger partial charge in [-0.1, -0.05) is 18.2 Å². The number of aliphatic hydroxyl groups is 1. The van der Waals surface area contributed by atoms with E-state index in [0.29, 0.717) is 0 Å². The SMILES string of the molecule is COc1csc(C(O)c2ccnn2-c2ccccc2)c1. The molecule has 0 saturated heterocycles. The van der Waals surface area contributed by atoms with Crippen molar-refractivity contribution in [1.82, 2.24) is 9.78 Å². The fourth-order valence-corrected chi connectivity index (χ4v) is 2.89. The quantitative estimate of drug-likeness (QED) is 0.802. The molecule has 1 unspecified atom stereocenters. The van der Waals surface area contributed by atoms with Gasteiger partial charge in [-0.2, -0.15) is 5.10 Å².